The van der Waals surface area contributed by atoms with Crippen molar-refractivity contribution in [1.29, 1.82) is 0 Å². The maximum atomic E-state index is 10.1. The third-order valence-corrected chi connectivity index (χ3v) is 1.89. The molecule has 0 saturated carbocycles. The standard InChI is InChI=1S/C9H9O.C5H5.Fe/c1-8(7-10)6-9-4-2-3-5-9;1-2-4-5-3-1;/h2-5,7H,1,6H2;1-5H;/q2*-1;+2. The molecule has 2 rings (SSSR count). The molecule has 0 radical (unpaired) electrons. The van der Waals surface area contributed by atoms with E-state index in [2.05, 4.69) is 6.58 Å². The van der Waals surface area contributed by atoms with Crippen LogP contribution < -0.4 is 0 Å². The van der Waals surface area contributed by atoms with E-state index in [9.17, 15) is 4.79 Å². The second-order valence-electron chi connectivity index (χ2n) is 3.21. The molecule has 2 aromatic rings. The van der Waals surface area contributed by atoms with Gasteiger partial charge in [0.2, 0.25) is 0 Å². The van der Waals surface area contributed by atoms with Gasteiger partial charge in [-0.2, -0.15) is 35.9 Å². The molecular weight excluding hydrogens is 240 g/mol. The van der Waals surface area contributed by atoms with Gasteiger partial charge in [0.15, 0.2) is 0 Å². The first-order valence-electron chi connectivity index (χ1n) is 4.83. The number of carbonyl (C=O) groups is 1. The first-order chi connectivity index (χ1) is 7.33. The predicted molar refractivity (Wildman–Crippen MR) is 63.0 cm³/mol. The van der Waals surface area contributed by atoms with Crippen LogP contribution in [0.15, 0.2) is 66.7 Å². The van der Waals surface area contributed by atoms with E-state index in [-0.39, 0.29) is 17.1 Å². The quantitative estimate of drug-likeness (QED) is 0.356. The molecule has 16 heavy (non-hydrogen) atoms. The van der Waals surface area contributed by atoms with Crippen molar-refractivity contribution in [3.8, 4) is 0 Å². The second-order valence-corrected chi connectivity index (χ2v) is 3.21. The molecule has 2 aromatic carbocycles. The summed E-state index contributed by atoms with van der Waals surface area (Å²) in [7, 11) is 0. The zero-order valence-electron chi connectivity index (χ0n) is 8.95. The topological polar surface area (TPSA) is 17.1 Å². The average molecular weight is 254 g/mol. The Morgan fingerprint density at radius 3 is 2.31 bits per heavy atom. The number of allylic oxidation sites excluding steroid dienone is 1. The summed E-state index contributed by atoms with van der Waals surface area (Å²) in [6, 6.07) is 17.9. The molecule has 1 nitrogen and oxygen atoms in total. The van der Waals surface area contributed by atoms with Crippen LogP contribution in [0.4, 0.5) is 0 Å². The van der Waals surface area contributed by atoms with Gasteiger partial charge in [-0.3, -0.25) is 4.79 Å². The first kappa shape index (κ1) is 14.6. The molecule has 0 heterocycles. The molecule has 0 aliphatic heterocycles. The molecule has 0 fully saturated rings. The minimum Gasteiger partial charge on any atom is -0.298 e. The zero-order valence-corrected chi connectivity index (χ0v) is 10.1. The van der Waals surface area contributed by atoms with Crippen molar-refractivity contribution < 1.29 is 21.9 Å². The molecule has 0 N–H and O–H groups in total. The molecule has 0 aromatic heterocycles. The van der Waals surface area contributed by atoms with Gasteiger partial charge in [-0.05, 0) is 12.0 Å². The molecule has 0 spiro atoms. The van der Waals surface area contributed by atoms with Crippen molar-refractivity contribution in [2.75, 3.05) is 0 Å². The van der Waals surface area contributed by atoms with Crippen LogP contribution in [-0.2, 0) is 28.3 Å². The molecule has 0 atom stereocenters. The van der Waals surface area contributed by atoms with Crippen LogP contribution in [0.1, 0.15) is 5.56 Å². The van der Waals surface area contributed by atoms with Crippen molar-refractivity contribution >= 4 is 6.29 Å². The smallest absolute Gasteiger partial charge is 0.298 e. The third-order valence-electron chi connectivity index (χ3n) is 1.89. The SMILES string of the molecule is C=C(C=O)Cc1ccc[cH-]1.[Fe+2].c1cc[cH-]c1. The minimum atomic E-state index is 0. The van der Waals surface area contributed by atoms with E-state index >= 15 is 0 Å². The molecule has 0 aliphatic carbocycles. The maximum absolute atomic E-state index is 10.1. The van der Waals surface area contributed by atoms with Gasteiger partial charge in [0, 0.05) is 0 Å². The van der Waals surface area contributed by atoms with Crippen molar-refractivity contribution in [3.05, 3.63) is 72.3 Å². The summed E-state index contributed by atoms with van der Waals surface area (Å²) in [5.41, 5.74) is 1.78. The number of carbonyl (C=O) groups excluding carboxylic acids is 1. The number of aldehydes is 1. The molecule has 2 heteroatoms. The molecule has 84 valence electrons. The number of rotatable bonds is 3. The zero-order chi connectivity index (χ0) is 10.9. The molecule has 0 unspecified atom stereocenters. The molecular formula is C14H14FeO. The fourth-order valence-corrected chi connectivity index (χ4v) is 1.16. The summed E-state index contributed by atoms with van der Waals surface area (Å²) in [5.74, 6) is 0. The average Bonchev–Trinajstić information content (AvgIpc) is 2.92. The van der Waals surface area contributed by atoms with Crippen LogP contribution >= 0.6 is 0 Å². The van der Waals surface area contributed by atoms with Crippen molar-refractivity contribution in [2.45, 2.75) is 6.42 Å². The van der Waals surface area contributed by atoms with E-state index in [0.717, 1.165) is 11.8 Å². The van der Waals surface area contributed by atoms with Gasteiger partial charge in [-0.15, -0.1) is 0 Å². The Labute approximate surface area is 107 Å². The Bertz CT molecular complexity index is 354. The minimum absolute atomic E-state index is 0. The van der Waals surface area contributed by atoms with Gasteiger partial charge < -0.3 is 0 Å². The van der Waals surface area contributed by atoms with Gasteiger partial charge in [0.1, 0.15) is 6.29 Å². The van der Waals surface area contributed by atoms with Crippen molar-refractivity contribution in [1.82, 2.24) is 0 Å². The molecule has 0 bridgehead atoms. The van der Waals surface area contributed by atoms with Crippen molar-refractivity contribution in [2.24, 2.45) is 0 Å². The van der Waals surface area contributed by atoms with E-state index < -0.39 is 0 Å². The van der Waals surface area contributed by atoms with E-state index in [0.29, 0.717) is 12.0 Å². The van der Waals surface area contributed by atoms with Crippen LogP contribution in [0.5, 0.6) is 0 Å². The molecule has 0 aliphatic rings. The van der Waals surface area contributed by atoms with Crippen LogP contribution in [0.2, 0.25) is 0 Å². The Kier molecular flexibility index (Phi) is 8.14. The summed E-state index contributed by atoms with van der Waals surface area (Å²) in [4.78, 5) is 10.1. The number of hydrogen-bond acceptors (Lipinski definition) is 1. The van der Waals surface area contributed by atoms with Crippen LogP contribution in [0.3, 0.4) is 0 Å². The van der Waals surface area contributed by atoms with E-state index in [1.165, 1.54) is 0 Å². The fourth-order valence-electron chi connectivity index (χ4n) is 1.16. The predicted octanol–water partition coefficient (Wildman–Crippen LogP) is 3.11. The van der Waals surface area contributed by atoms with Gasteiger partial charge in [-0.1, -0.05) is 6.58 Å². The Balaban J connectivity index is 0.000000318. The fraction of sp³-hybridized carbons (Fsp3) is 0.0714. The van der Waals surface area contributed by atoms with Gasteiger partial charge in [0.05, 0.1) is 0 Å². The monoisotopic (exact) mass is 254 g/mol. The normalized spacial score (nSPS) is 8.25. The Morgan fingerprint density at radius 2 is 1.94 bits per heavy atom. The number of hydrogen-bond donors (Lipinski definition) is 0. The summed E-state index contributed by atoms with van der Waals surface area (Å²) in [5, 5.41) is 0. The third kappa shape index (κ3) is 6.18. The van der Waals surface area contributed by atoms with Gasteiger partial charge >= 0.3 is 17.1 Å². The van der Waals surface area contributed by atoms with E-state index in [4.69, 9.17) is 0 Å². The van der Waals surface area contributed by atoms with Crippen LogP contribution in [-0.4, -0.2) is 6.29 Å². The van der Waals surface area contributed by atoms with Crippen molar-refractivity contribution in [3.63, 3.8) is 0 Å². The second kappa shape index (κ2) is 8.90. The van der Waals surface area contributed by atoms with Crippen LogP contribution in [0, 0.1) is 0 Å². The van der Waals surface area contributed by atoms with Crippen LogP contribution in [0.25, 0.3) is 0 Å². The van der Waals surface area contributed by atoms with E-state index in [1.54, 1.807) is 0 Å². The molecule has 0 saturated heterocycles. The van der Waals surface area contributed by atoms with E-state index in [1.807, 2.05) is 54.6 Å². The summed E-state index contributed by atoms with van der Waals surface area (Å²) in [6.45, 7) is 3.58. The van der Waals surface area contributed by atoms with Gasteiger partial charge in [-0.25, -0.2) is 24.3 Å². The Hall–Kier alpha value is -1.37. The summed E-state index contributed by atoms with van der Waals surface area (Å²) < 4.78 is 0. The largest absolute Gasteiger partial charge is 2.00 e. The summed E-state index contributed by atoms with van der Waals surface area (Å²) in [6.07, 6.45) is 1.48. The molecule has 0 amide bonds. The van der Waals surface area contributed by atoms with Gasteiger partial charge in [0.25, 0.3) is 0 Å². The Morgan fingerprint density at radius 1 is 1.25 bits per heavy atom. The maximum Gasteiger partial charge on any atom is 2.00 e. The first-order valence-corrected chi connectivity index (χ1v) is 4.83. The summed E-state index contributed by atoms with van der Waals surface area (Å²) >= 11 is 0.